The fourth-order valence-corrected chi connectivity index (χ4v) is 3.39. The second-order valence-electron chi connectivity index (χ2n) is 6.40. The number of amides is 1. The molecule has 1 aliphatic heterocycles. The van der Waals surface area contributed by atoms with Crippen molar-refractivity contribution in [3.8, 4) is 0 Å². The number of imidazole rings is 1. The molecule has 0 fully saturated rings. The van der Waals surface area contributed by atoms with Crippen LogP contribution in [0.2, 0.25) is 0 Å². The normalized spacial score (nSPS) is 16.8. The van der Waals surface area contributed by atoms with Gasteiger partial charge in [0.25, 0.3) is 5.91 Å². The third-order valence-electron chi connectivity index (χ3n) is 4.69. The number of aliphatic hydroxyl groups is 1. The van der Waals surface area contributed by atoms with E-state index in [0.717, 1.165) is 0 Å². The van der Waals surface area contributed by atoms with Crippen LogP contribution in [0.25, 0.3) is 0 Å². The number of aliphatic hydroxyl groups excluding tert-OH is 1. The number of carbonyl (C=O) groups is 2. The first-order chi connectivity index (χ1) is 13.7. The molecule has 3 aromatic rings. The van der Waals surface area contributed by atoms with E-state index in [0.29, 0.717) is 25.1 Å². The zero-order valence-electron chi connectivity index (χ0n) is 14.9. The third kappa shape index (κ3) is 3.20. The van der Waals surface area contributed by atoms with Crippen molar-refractivity contribution in [2.24, 2.45) is 0 Å². The van der Waals surface area contributed by atoms with Crippen molar-refractivity contribution >= 4 is 11.7 Å². The minimum absolute atomic E-state index is 0.0220. The summed E-state index contributed by atoms with van der Waals surface area (Å²) in [5, 5.41) is 10.5. The Morgan fingerprint density at radius 3 is 2.64 bits per heavy atom. The fraction of sp³-hybridized carbons (Fsp3) is 0.200. The fourth-order valence-electron chi connectivity index (χ4n) is 3.39. The molecule has 1 atom stereocenters. The zero-order chi connectivity index (χ0) is 19.5. The first-order valence-corrected chi connectivity index (χ1v) is 8.85. The molecule has 0 radical (unpaired) electrons. The molecule has 0 aliphatic carbocycles. The molecule has 8 nitrogen and oxygen atoms in total. The van der Waals surface area contributed by atoms with Crippen molar-refractivity contribution in [2.75, 3.05) is 6.54 Å². The predicted molar refractivity (Wildman–Crippen MR) is 98.2 cm³/mol. The highest BCUT2D eigenvalue weighted by Gasteiger charge is 2.44. The van der Waals surface area contributed by atoms with E-state index in [1.54, 1.807) is 43.1 Å². The van der Waals surface area contributed by atoms with Crippen LogP contribution in [0.4, 0.5) is 0 Å². The molecule has 1 aliphatic rings. The maximum atomic E-state index is 12.9. The molecule has 8 heteroatoms. The molecule has 3 aromatic heterocycles. The average molecular weight is 378 g/mol. The summed E-state index contributed by atoms with van der Waals surface area (Å²) >= 11 is 0. The van der Waals surface area contributed by atoms with Crippen molar-refractivity contribution in [3.05, 3.63) is 84.3 Å². The van der Waals surface area contributed by atoms with Gasteiger partial charge >= 0.3 is 0 Å². The second-order valence-corrected chi connectivity index (χ2v) is 6.40. The van der Waals surface area contributed by atoms with Crippen LogP contribution in [0.15, 0.2) is 77.4 Å². The summed E-state index contributed by atoms with van der Waals surface area (Å²) in [5.41, 5.74) is 0.721. The summed E-state index contributed by atoms with van der Waals surface area (Å²) in [7, 11) is 0. The molecule has 0 aromatic carbocycles. The number of pyridine rings is 1. The van der Waals surface area contributed by atoms with Crippen molar-refractivity contribution in [3.63, 3.8) is 0 Å². The van der Waals surface area contributed by atoms with E-state index in [4.69, 9.17) is 4.42 Å². The highest BCUT2D eigenvalue weighted by molar-refractivity contribution is 6.14. The Morgan fingerprint density at radius 1 is 1.14 bits per heavy atom. The molecule has 28 heavy (non-hydrogen) atoms. The molecular formula is C20H18N4O4. The number of furan rings is 1. The summed E-state index contributed by atoms with van der Waals surface area (Å²) in [6.07, 6.45) is 10.4. The van der Waals surface area contributed by atoms with Gasteiger partial charge in [-0.15, -0.1) is 0 Å². The topological polar surface area (TPSA) is 101 Å². The number of Topliss-reactive ketones (excluding diaryl/α,β-unsaturated/α-hetero) is 1. The lowest BCUT2D eigenvalue weighted by Crippen LogP contribution is -2.32. The Kier molecular flexibility index (Phi) is 4.76. The molecule has 0 bridgehead atoms. The molecule has 4 heterocycles. The van der Waals surface area contributed by atoms with Crippen molar-refractivity contribution in [1.82, 2.24) is 19.4 Å². The number of rotatable bonds is 7. The van der Waals surface area contributed by atoms with E-state index in [9.17, 15) is 14.7 Å². The van der Waals surface area contributed by atoms with E-state index in [1.165, 1.54) is 17.2 Å². The van der Waals surface area contributed by atoms with Gasteiger partial charge in [-0.2, -0.15) is 0 Å². The molecule has 142 valence electrons. The zero-order valence-corrected chi connectivity index (χ0v) is 14.9. The summed E-state index contributed by atoms with van der Waals surface area (Å²) in [6, 6.07) is 5.87. The Balaban J connectivity index is 1.64. The van der Waals surface area contributed by atoms with Crippen LogP contribution in [-0.4, -0.2) is 42.8 Å². The SMILES string of the molecule is O=C(C1=C(O)C(=O)N(CCCn2ccnc2)[C@H]1c1ccncc1)c1ccco1. The van der Waals surface area contributed by atoms with Crippen molar-refractivity contribution in [2.45, 2.75) is 19.0 Å². The Labute approximate surface area is 160 Å². The quantitative estimate of drug-likeness (QED) is 0.634. The number of hydrogen-bond acceptors (Lipinski definition) is 6. The predicted octanol–water partition coefficient (Wildman–Crippen LogP) is 2.54. The van der Waals surface area contributed by atoms with Crippen LogP contribution in [0.3, 0.4) is 0 Å². The monoisotopic (exact) mass is 378 g/mol. The summed E-state index contributed by atoms with van der Waals surface area (Å²) in [5.74, 6) is -1.53. The highest BCUT2D eigenvalue weighted by atomic mass is 16.3. The molecule has 0 saturated carbocycles. The number of hydrogen-bond donors (Lipinski definition) is 1. The van der Waals surface area contributed by atoms with Gasteiger partial charge in [-0.3, -0.25) is 14.6 Å². The minimum Gasteiger partial charge on any atom is -0.503 e. The van der Waals surface area contributed by atoms with Crippen LogP contribution in [-0.2, 0) is 11.3 Å². The molecular weight excluding hydrogens is 360 g/mol. The number of aryl methyl sites for hydroxylation is 1. The minimum atomic E-state index is -0.698. The van der Waals surface area contributed by atoms with Gasteiger partial charge in [-0.1, -0.05) is 0 Å². The standard InChI is InChI=1S/C20H18N4O4/c25-18(15-3-1-12-28-15)16-17(14-4-6-21-7-5-14)24(20(27)19(16)26)10-2-9-23-11-8-22-13-23/h1,3-8,11-13,17,26H,2,9-10H2/t17-/m0/s1. The maximum Gasteiger partial charge on any atom is 0.290 e. The van der Waals surface area contributed by atoms with Gasteiger partial charge in [0.15, 0.2) is 11.5 Å². The summed E-state index contributed by atoms with van der Waals surface area (Å²) < 4.78 is 7.10. The number of ketones is 1. The van der Waals surface area contributed by atoms with Gasteiger partial charge in [0.05, 0.1) is 24.2 Å². The van der Waals surface area contributed by atoms with E-state index in [1.807, 2.05) is 10.8 Å². The highest BCUT2D eigenvalue weighted by Crippen LogP contribution is 2.38. The number of carbonyl (C=O) groups excluding carboxylic acids is 2. The first-order valence-electron chi connectivity index (χ1n) is 8.85. The molecule has 0 saturated heterocycles. The van der Waals surface area contributed by atoms with Crippen LogP contribution in [0, 0.1) is 0 Å². The largest absolute Gasteiger partial charge is 0.503 e. The Morgan fingerprint density at radius 2 is 1.96 bits per heavy atom. The van der Waals surface area contributed by atoms with E-state index >= 15 is 0 Å². The van der Waals surface area contributed by atoms with E-state index < -0.39 is 23.5 Å². The Bertz CT molecular complexity index is 994. The van der Waals surface area contributed by atoms with Crippen molar-refractivity contribution in [1.29, 1.82) is 0 Å². The molecule has 1 N–H and O–H groups in total. The third-order valence-corrected chi connectivity index (χ3v) is 4.69. The lowest BCUT2D eigenvalue weighted by molar-refractivity contribution is -0.129. The Hall–Kier alpha value is -3.68. The van der Waals surface area contributed by atoms with Crippen LogP contribution in [0.5, 0.6) is 0 Å². The maximum absolute atomic E-state index is 12.9. The van der Waals surface area contributed by atoms with Gasteiger partial charge in [0.2, 0.25) is 5.78 Å². The molecule has 4 rings (SSSR count). The first kappa shape index (κ1) is 17.7. The van der Waals surface area contributed by atoms with Crippen LogP contribution in [0.1, 0.15) is 28.6 Å². The van der Waals surface area contributed by atoms with E-state index in [2.05, 4.69) is 9.97 Å². The number of nitrogens with zero attached hydrogens (tertiary/aromatic N) is 4. The lowest BCUT2D eigenvalue weighted by atomic mass is 9.96. The van der Waals surface area contributed by atoms with Crippen LogP contribution < -0.4 is 0 Å². The van der Waals surface area contributed by atoms with Gasteiger partial charge in [0.1, 0.15) is 0 Å². The molecule has 1 amide bonds. The smallest absolute Gasteiger partial charge is 0.290 e. The van der Waals surface area contributed by atoms with Gasteiger partial charge in [0, 0.05) is 37.9 Å². The summed E-state index contributed by atoms with van der Waals surface area (Å²) in [4.78, 5) is 35.2. The van der Waals surface area contributed by atoms with Crippen molar-refractivity contribution < 1.29 is 19.1 Å². The molecule has 0 spiro atoms. The second kappa shape index (κ2) is 7.51. The number of aromatic nitrogens is 3. The lowest BCUT2D eigenvalue weighted by Gasteiger charge is -2.26. The average Bonchev–Trinajstić information content (AvgIpc) is 3.46. The summed E-state index contributed by atoms with van der Waals surface area (Å²) in [6.45, 7) is 1.03. The molecule has 0 unspecified atom stereocenters. The van der Waals surface area contributed by atoms with Crippen LogP contribution >= 0.6 is 0 Å². The van der Waals surface area contributed by atoms with E-state index in [-0.39, 0.29) is 11.3 Å². The van der Waals surface area contributed by atoms with Gasteiger partial charge < -0.3 is 19.0 Å². The van der Waals surface area contributed by atoms with Gasteiger partial charge in [-0.05, 0) is 36.2 Å². The van der Waals surface area contributed by atoms with Gasteiger partial charge in [-0.25, -0.2) is 4.98 Å².